The van der Waals surface area contributed by atoms with Crippen LogP contribution in [0, 0.1) is 17.5 Å². The van der Waals surface area contributed by atoms with Gasteiger partial charge in [0.25, 0.3) is 0 Å². The van der Waals surface area contributed by atoms with Gasteiger partial charge in [-0.2, -0.15) is 0 Å². The molecule has 4 nitrogen and oxygen atoms in total. The standard InChI is InChI=1S/C21H17F3N2O2/c22-15-10-11-17(21(24)20(15)23)26-19(27)12-13-25-16-8-4-5-9-18(16)28-14-6-2-1-3-7-14/h1-11,25H,12-13H2,(H,26,27). The van der Waals surface area contributed by atoms with Crippen LogP contribution in [0.2, 0.25) is 0 Å². The summed E-state index contributed by atoms with van der Waals surface area (Å²) in [5.41, 5.74) is 0.273. The van der Waals surface area contributed by atoms with E-state index >= 15 is 0 Å². The summed E-state index contributed by atoms with van der Waals surface area (Å²) in [7, 11) is 0. The van der Waals surface area contributed by atoms with Crippen LogP contribution in [0.1, 0.15) is 6.42 Å². The van der Waals surface area contributed by atoms with Gasteiger partial charge in [-0.1, -0.05) is 30.3 Å². The molecule has 3 aromatic carbocycles. The quantitative estimate of drug-likeness (QED) is 0.539. The fourth-order valence-corrected chi connectivity index (χ4v) is 2.46. The first-order valence-electron chi connectivity index (χ1n) is 8.54. The highest BCUT2D eigenvalue weighted by Gasteiger charge is 2.15. The summed E-state index contributed by atoms with van der Waals surface area (Å²) in [4.78, 5) is 12.0. The molecule has 28 heavy (non-hydrogen) atoms. The van der Waals surface area contributed by atoms with Gasteiger partial charge in [-0.25, -0.2) is 13.2 Å². The zero-order valence-corrected chi connectivity index (χ0v) is 14.7. The molecule has 0 aliphatic rings. The maximum atomic E-state index is 13.6. The monoisotopic (exact) mass is 386 g/mol. The van der Waals surface area contributed by atoms with E-state index in [9.17, 15) is 18.0 Å². The topological polar surface area (TPSA) is 50.4 Å². The molecular formula is C21H17F3N2O2. The van der Waals surface area contributed by atoms with E-state index < -0.39 is 29.0 Å². The van der Waals surface area contributed by atoms with Crippen LogP contribution in [0.5, 0.6) is 11.5 Å². The van der Waals surface area contributed by atoms with E-state index in [1.165, 1.54) is 0 Å². The largest absolute Gasteiger partial charge is 0.455 e. The van der Waals surface area contributed by atoms with Crippen molar-refractivity contribution in [1.29, 1.82) is 0 Å². The summed E-state index contributed by atoms with van der Waals surface area (Å²) in [5.74, 6) is -3.65. The molecule has 0 aliphatic heterocycles. The molecule has 0 bridgehead atoms. The van der Waals surface area contributed by atoms with Crippen LogP contribution < -0.4 is 15.4 Å². The minimum atomic E-state index is -1.62. The van der Waals surface area contributed by atoms with Crippen molar-refractivity contribution in [3.05, 3.63) is 84.2 Å². The number of ether oxygens (including phenoxy) is 1. The summed E-state index contributed by atoms with van der Waals surface area (Å²) in [5, 5.41) is 5.30. The van der Waals surface area contributed by atoms with Crippen LogP contribution in [0.3, 0.4) is 0 Å². The predicted molar refractivity (Wildman–Crippen MR) is 101 cm³/mol. The second kappa shape index (κ2) is 8.94. The highest BCUT2D eigenvalue weighted by molar-refractivity contribution is 5.91. The van der Waals surface area contributed by atoms with Gasteiger partial charge in [0.1, 0.15) is 5.75 Å². The van der Waals surface area contributed by atoms with Gasteiger partial charge >= 0.3 is 0 Å². The summed E-state index contributed by atoms with van der Waals surface area (Å²) in [6, 6.07) is 18.2. The third kappa shape index (κ3) is 4.82. The number of carbonyl (C=O) groups is 1. The number of halogens is 3. The first-order valence-corrected chi connectivity index (χ1v) is 8.54. The molecule has 3 aromatic rings. The van der Waals surface area contributed by atoms with Gasteiger partial charge in [-0.05, 0) is 36.4 Å². The highest BCUT2D eigenvalue weighted by atomic mass is 19.2. The molecule has 0 atom stereocenters. The van der Waals surface area contributed by atoms with Crippen LogP contribution >= 0.6 is 0 Å². The van der Waals surface area contributed by atoms with Crippen molar-refractivity contribution in [2.45, 2.75) is 6.42 Å². The molecule has 0 aromatic heterocycles. The van der Waals surface area contributed by atoms with E-state index in [2.05, 4.69) is 10.6 Å². The number of nitrogens with one attached hydrogen (secondary N) is 2. The Kier molecular flexibility index (Phi) is 6.16. The Morgan fingerprint density at radius 3 is 2.32 bits per heavy atom. The first-order chi connectivity index (χ1) is 13.5. The van der Waals surface area contributed by atoms with E-state index in [1.54, 1.807) is 12.1 Å². The van der Waals surface area contributed by atoms with Crippen molar-refractivity contribution in [3.63, 3.8) is 0 Å². The number of para-hydroxylation sites is 3. The first kappa shape index (κ1) is 19.3. The number of hydrogen-bond donors (Lipinski definition) is 2. The number of amides is 1. The molecule has 0 spiro atoms. The lowest BCUT2D eigenvalue weighted by atomic mass is 10.2. The minimum Gasteiger partial charge on any atom is -0.455 e. The number of anilines is 2. The van der Waals surface area contributed by atoms with Crippen molar-refractivity contribution in [2.24, 2.45) is 0 Å². The van der Waals surface area contributed by atoms with Crippen LogP contribution in [-0.4, -0.2) is 12.5 Å². The van der Waals surface area contributed by atoms with Gasteiger partial charge < -0.3 is 15.4 Å². The molecule has 0 aliphatic carbocycles. The molecular weight excluding hydrogens is 369 g/mol. The maximum absolute atomic E-state index is 13.6. The molecule has 1 amide bonds. The number of benzene rings is 3. The molecule has 3 rings (SSSR count). The fourth-order valence-electron chi connectivity index (χ4n) is 2.46. The Morgan fingerprint density at radius 2 is 1.54 bits per heavy atom. The van der Waals surface area contributed by atoms with Gasteiger partial charge in [0.2, 0.25) is 5.91 Å². The molecule has 2 N–H and O–H groups in total. The smallest absolute Gasteiger partial charge is 0.226 e. The summed E-state index contributed by atoms with van der Waals surface area (Å²) >= 11 is 0. The average Bonchev–Trinajstić information content (AvgIpc) is 2.70. The lowest BCUT2D eigenvalue weighted by molar-refractivity contribution is -0.116. The highest BCUT2D eigenvalue weighted by Crippen LogP contribution is 2.29. The SMILES string of the molecule is O=C(CCNc1ccccc1Oc1ccccc1)Nc1ccc(F)c(F)c1F. The van der Waals surface area contributed by atoms with Crippen molar-refractivity contribution in [2.75, 3.05) is 17.2 Å². The Bertz CT molecular complexity index is 965. The van der Waals surface area contributed by atoms with Crippen molar-refractivity contribution >= 4 is 17.3 Å². The van der Waals surface area contributed by atoms with Gasteiger partial charge in [-0.15, -0.1) is 0 Å². The molecule has 144 valence electrons. The molecule has 7 heteroatoms. The lowest BCUT2D eigenvalue weighted by Crippen LogP contribution is -2.17. The summed E-state index contributed by atoms with van der Waals surface area (Å²) in [6.45, 7) is 0.228. The van der Waals surface area contributed by atoms with Crippen LogP contribution in [0.4, 0.5) is 24.5 Å². The Morgan fingerprint density at radius 1 is 0.821 bits per heavy atom. The minimum absolute atomic E-state index is 0.0158. The summed E-state index contributed by atoms with van der Waals surface area (Å²) < 4.78 is 45.6. The predicted octanol–water partition coefficient (Wildman–Crippen LogP) is 5.34. The Labute approximate surface area is 160 Å². The number of rotatable bonds is 7. The van der Waals surface area contributed by atoms with Crippen molar-refractivity contribution in [1.82, 2.24) is 0 Å². The van der Waals surface area contributed by atoms with Crippen LogP contribution in [-0.2, 0) is 4.79 Å². The number of carbonyl (C=O) groups excluding carboxylic acids is 1. The Balaban J connectivity index is 1.57. The third-order valence-corrected chi connectivity index (χ3v) is 3.83. The maximum Gasteiger partial charge on any atom is 0.226 e. The summed E-state index contributed by atoms with van der Waals surface area (Å²) in [6.07, 6.45) is -0.0158. The van der Waals surface area contributed by atoms with Gasteiger partial charge in [0.15, 0.2) is 23.2 Å². The third-order valence-electron chi connectivity index (χ3n) is 3.83. The zero-order chi connectivity index (χ0) is 19.9. The molecule has 0 radical (unpaired) electrons. The van der Waals surface area contributed by atoms with Gasteiger partial charge in [0, 0.05) is 13.0 Å². The fraction of sp³-hybridized carbons (Fsp3) is 0.0952. The molecule has 0 heterocycles. The lowest BCUT2D eigenvalue weighted by Gasteiger charge is -2.13. The van der Waals surface area contributed by atoms with Crippen LogP contribution in [0.25, 0.3) is 0 Å². The van der Waals surface area contributed by atoms with Gasteiger partial charge in [0.05, 0.1) is 11.4 Å². The zero-order valence-electron chi connectivity index (χ0n) is 14.7. The van der Waals surface area contributed by atoms with Crippen LogP contribution in [0.15, 0.2) is 66.7 Å². The van der Waals surface area contributed by atoms with Gasteiger partial charge in [-0.3, -0.25) is 4.79 Å². The molecule has 0 saturated heterocycles. The van der Waals surface area contributed by atoms with E-state index in [0.717, 1.165) is 12.1 Å². The Hall–Kier alpha value is -3.48. The second-order valence-electron chi connectivity index (χ2n) is 5.86. The van der Waals surface area contributed by atoms with E-state index in [0.29, 0.717) is 17.2 Å². The van der Waals surface area contributed by atoms with E-state index in [1.807, 2.05) is 42.5 Å². The number of hydrogen-bond acceptors (Lipinski definition) is 3. The molecule has 0 fully saturated rings. The van der Waals surface area contributed by atoms with E-state index in [-0.39, 0.29) is 13.0 Å². The average molecular weight is 386 g/mol. The van der Waals surface area contributed by atoms with Crippen molar-refractivity contribution < 1.29 is 22.7 Å². The van der Waals surface area contributed by atoms with E-state index in [4.69, 9.17) is 4.74 Å². The second-order valence-corrected chi connectivity index (χ2v) is 5.86. The van der Waals surface area contributed by atoms with Crippen molar-refractivity contribution in [3.8, 4) is 11.5 Å². The normalized spacial score (nSPS) is 10.4. The molecule has 0 saturated carbocycles. The molecule has 0 unspecified atom stereocenters.